The van der Waals surface area contributed by atoms with Crippen LogP contribution in [-0.4, -0.2) is 30.6 Å². The maximum absolute atomic E-state index is 12.5. The summed E-state index contributed by atoms with van der Waals surface area (Å²) in [5.41, 5.74) is 2.91. The van der Waals surface area contributed by atoms with Crippen LogP contribution < -0.4 is 10.9 Å². The number of carbonyl (C=O) groups is 1. The fourth-order valence-corrected chi connectivity index (χ4v) is 3.19. The first kappa shape index (κ1) is 20.5. The first-order valence-electron chi connectivity index (χ1n) is 9.56. The van der Waals surface area contributed by atoms with Crippen molar-refractivity contribution in [3.63, 3.8) is 0 Å². The number of rotatable bonds is 6. The van der Waals surface area contributed by atoms with Gasteiger partial charge in [-0.05, 0) is 43.3 Å². The van der Waals surface area contributed by atoms with Gasteiger partial charge in [0.1, 0.15) is 5.82 Å². The molecule has 3 aromatic heterocycles. The first-order valence-corrected chi connectivity index (χ1v) is 9.94. The van der Waals surface area contributed by atoms with E-state index in [4.69, 9.17) is 11.6 Å². The smallest absolute Gasteiger partial charge is 0.255 e. The zero-order valence-corrected chi connectivity index (χ0v) is 17.4. The van der Waals surface area contributed by atoms with Crippen molar-refractivity contribution in [2.24, 2.45) is 0 Å². The highest BCUT2D eigenvalue weighted by Crippen LogP contribution is 2.14. The molecule has 0 aliphatic carbocycles. The molecule has 8 nitrogen and oxygen atoms in total. The van der Waals surface area contributed by atoms with E-state index in [1.165, 1.54) is 0 Å². The second-order valence-corrected chi connectivity index (χ2v) is 7.38. The van der Waals surface area contributed by atoms with Crippen LogP contribution in [0, 0.1) is 6.92 Å². The Labute approximate surface area is 183 Å². The second-order valence-electron chi connectivity index (χ2n) is 6.94. The molecule has 31 heavy (non-hydrogen) atoms. The Morgan fingerprint density at radius 2 is 2.00 bits per heavy atom. The summed E-state index contributed by atoms with van der Waals surface area (Å²) < 4.78 is 1.70. The van der Waals surface area contributed by atoms with Crippen LogP contribution in [0.1, 0.15) is 16.8 Å². The van der Waals surface area contributed by atoms with Crippen LogP contribution in [0.2, 0.25) is 5.02 Å². The van der Waals surface area contributed by atoms with E-state index in [-0.39, 0.29) is 17.9 Å². The van der Waals surface area contributed by atoms with Gasteiger partial charge in [0.2, 0.25) is 5.91 Å². The van der Waals surface area contributed by atoms with Crippen LogP contribution in [0.5, 0.6) is 0 Å². The fraction of sp³-hybridized carbons (Fsp3) is 0.136. The summed E-state index contributed by atoms with van der Waals surface area (Å²) in [4.78, 5) is 36.1. The summed E-state index contributed by atoms with van der Waals surface area (Å²) in [5.74, 6) is 0.151. The van der Waals surface area contributed by atoms with E-state index in [0.717, 1.165) is 11.3 Å². The quantitative estimate of drug-likeness (QED) is 0.485. The number of nitrogens with one attached hydrogen (secondary N) is 2. The minimum atomic E-state index is -0.336. The van der Waals surface area contributed by atoms with Crippen molar-refractivity contribution in [2.75, 3.05) is 0 Å². The number of H-pyrrole nitrogens is 1. The predicted molar refractivity (Wildman–Crippen MR) is 117 cm³/mol. The lowest BCUT2D eigenvalue weighted by molar-refractivity contribution is -0.120. The maximum atomic E-state index is 12.5. The van der Waals surface area contributed by atoms with Crippen LogP contribution in [0.15, 0.2) is 66.0 Å². The zero-order valence-electron chi connectivity index (χ0n) is 16.7. The van der Waals surface area contributed by atoms with Crippen molar-refractivity contribution in [1.29, 1.82) is 0 Å². The molecular formula is C22H19ClN6O2. The lowest BCUT2D eigenvalue weighted by atomic mass is 10.1. The van der Waals surface area contributed by atoms with Gasteiger partial charge < -0.3 is 10.3 Å². The number of hydrogen-bond donors (Lipinski definition) is 2. The molecule has 1 amide bonds. The molecule has 9 heteroatoms. The number of hydrogen-bond acceptors (Lipinski definition) is 5. The number of pyridine rings is 1. The summed E-state index contributed by atoms with van der Waals surface area (Å²) in [6.07, 6.45) is 6.70. The van der Waals surface area contributed by atoms with E-state index in [1.54, 1.807) is 54.5 Å². The molecule has 4 aromatic rings. The molecule has 3 heterocycles. The normalized spacial score (nSPS) is 10.8. The Morgan fingerprint density at radius 1 is 1.19 bits per heavy atom. The highest BCUT2D eigenvalue weighted by atomic mass is 35.5. The van der Waals surface area contributed by atoms with Gasteiger partial charge in [-0.15, -0.1) is 0 Å². The van der Waals surface area contributed by atoms with Gasteiger partial charge in [-0.1, -0.05) is 11.6 Å². The predicted octanol–water partition coefficient (Wildman–Crippen LogP) is 2.84. The molecule has 0 fully saturated rings. The van der Waals surface area contributed by atoms with Crippen molar-refractivity contribution in [2.45, 2.75) is 19.9 Å². The number of carbonyl (C=O) groups excluding carboxylic acids is 1. The van der Waals surface area contributed by atoms with E-state index in [2.05, 4.69) is 25.4 Å². The Hall–Kier alpha value is -3.78. The fourth-order valence-electron chi connectivity index (χ4n) is 3.07. The molecule has 0 spiro atoms. The van der Waals surface area contributed by atoms with Crippen LogP contribution in [-0.2, 0) is 17.8 Å². The van der Waals surface area contributed by atoms with Gasteiger partial charge in [0.05, 0.1) is 18.3 Å². The molecule has 0 saturated carbocycles. The average Bonchev–Trinajstić information content (AvgIpc) is 3.25. The first-order chi connectivity index (χ1) is 15.0. The van der Waals surface area contributed by atoms with E-state index < -0.39 is 0 Å². The van der Waals surface area contributed by atoms with Gasteiger partial charge in [-0.2, -0.15) is 5.10 Å². The Balaban J connectivity index is 1.40. The minimum absolute atomic E-state index is 0.0627. The Morgan fingerprint density at radius 3 is 2.71 bits per heavy atom. The summed E-state index contributed by atoms with van der Waals surface area (Å²) in [6, 6.07) is 10.9. The largest absolute Gasteiger partial charge is 0.352 e. The zero-order chi connectivity index (χ0) is 21.8. The third kappa shape index (κ3) is 4.87. The van der Waals surface area contributed by atoms with E-state index in [1.807, 2.05) is 18.3 Å². The number of aromatic amines is 1. The highest BCUT2D eigenvalue weighted by Gasteiger charge is 2.14. The summed E-state index contributed by atoms with van der Waals surface area (Å²) in [6.45, 7) is 2.01. The number of amides is 1. The molecule has 4 rings (SSSR count). The molecule has 156 valence electrons. The molecule has 0 bridgehead atoms. The Bertz CT molecular complexity index is 1270. The van der Waals surface area contributed by atoms with E-state index in [9.17, 15) is 9.59 Å². The van der Waals surface area contributed by atoms with Gasteiger partial charge in [0, 0.05) is 52.5 Å². The van der Waals surface area contributed by atoms with Gasteiger partial charge >= 0.3 is 0 Å². The van der Waals surface area contributed by atoms with Crippen LogP contribution in [0.4, 0.5) is 0 Å². The van der Waals surface area contributed by atoms with Crippen molar-refractivity contribution >= 4 is 17.5 Å². The Kier molecular flexibility index (Phi) is 5.90. The molecule has 0 aliphatic heterocycles. The monoisotopic (exact) mass is 434 g/mol. The molecule has 0 aliphatic rings. The number of aromatic nitrogens is 5. The highest BCUT2D eigenvalue weighted by molar-refractivity contribution is 6.30. The van der Waals surface area contributed by atoms with Crippen molar-refractivity contribution in [3.8, 4) is 17.1 Å². The van der Waals surface area contributed by atoms with Crippen LogP contribution in [0.3, 0.4) is 0 Å². The molecule has 1 aromatic carbocycles. The van der Waals surface area contributed by atoms with E-state index >= 15 is 0 Å². The number of halogens is 1. The minimum Gasteiger partial charge on any atom is -0.352 e. The topological polar surface area (TPSA) is 106 Å². The molecule has 0 unspecified atom stereocenters. The van der Waals surface area contributed by atoms with E-state index in [0.29, 0.717) is 34.2 Å². The van der Waals surface area contributed by atoms with Gasteiger partial charge in [0.25, 0.3) is 5.56 Å². The SMILES string of the molecule is Cc1nc(-c2cccnc2)[nH]c(=O)c1CC(=O)NCc1cnn(-c2ccc(Cl)cc2)c1. The molecule has 0 saturated heterocycles. The third-order valence-electron chi connectivity index (χ3n) is 4.71. The summed E-state index contributed by atoms with van der Waals surface area (Å²) in [5, 5.41) is 7.76. The summed E-state index contributed by atoms with van der Waals surface area (Å²) in [7, 11) is 0. The van der Waals surface area contributed by atoms with Gasteiger partial charge in [-0.25, -0.2) is 9.67 Å². The van der Waals surface area contributed by atoms with Crippen molar-refractivity contribution in [1.82, 2.24) is 30.0 Å². The number of aryl methyl sites for hydroxylation is 1. The third-order valence-corrected chi connectivity index (χ3v) is 4.96. The number of benzene rings is 1. The lowest BCUT2D eigenvalue weighted by Crippen LogP contribution is -2.28. The average molecular weight is 435 g/mol. The van der Waals surface area contributed by atoms with Crippen LogP contribution >= 0.6 is 11.6 Å². The van der Waals surface area contributed by atoms with Gasteiger partial charge in [-0.3, -0.25) is 14.6 Å². The molecule has 2 N–H and O–H groups in total. The maximum Gasteiger partial charge on any atom is 0.255 e. The molecular weight excluding hydrogens is 416 g/mol. The van der Waals surface area contributed by atoms with Crippen LogP contribution in [0.25, 0.3) is 17.1 Å². The van der Waals surface area contributed by atoms with Crippen molar-refractivity contribution < 1.29 is 4.79 Å². The number of nitrogens with zero attached hydrogens (tertiary/aromatic N) is 4. The molecule has 0 radical (unpaired) electrons. The summed E-state index contributed by atoms with van der Waals surface area (Å²) >= 11 is 5.91. The second kappa shape index (κ2) is 8.93. The van der Waals surface area contributed by atoms with Crippen molar-refractivity contribution in [3.05, 3.63) is 93.4 Å². The molecule has 0 atom stereocenters. The standard InChI is InChI=1S/C22H19ClN6O2/c1-14-19(22(31)28-21(27-14)16-3-2-8-24-12-16)9-20(30)25-10-15-11-26-29(13-15)18-6-4-17(23)5-7-18/h2-8,11-13H,9-10H2,1H3,(H,25,30)(H,27,28,31). The van der Waals surface area contributed by atoms with Gasteiger partial charge in [0.15, 0.2) is 0 Å². The lowest BCUT2D eigenvalue weighted by Gasteiger charge is -2.08.